The fraction of sp³-hybridized carbons (Fsp3) is 0.222. The first-order valence-electron chi connectivity index (χ1n) is 4.57. The summed E-state index contributed by atoms with van der Waals surface area (Å²) in [6.07, 6.45) is 1.22. The molecule has 1 N–H and O–H groups in total. The SMILES string of the molecule is CCOC(=O)c1cnc2cc(Br)[nH]n2c1=O. The zero-order valence-electron chi connectivity index (χ0n) is 8.36. The number of hydrogen-bond donors (Lipinski definition) is 1. The molecule has 0 aliphatic rings. The van der Waals surface area contributed by atoms with Gasteiger partial charge in [-0.25, -0.2) is 9.78 Å². The molecule has 2 rings (SSSR count). The largest absolute Gasteiger partial charge is 0.462 e. The van der Waals surface area contributed by atoms with Crippen molar-refractivity contribution in [2.75, 3.05) is 6.61 Å². The molecule has 2 aromatic rings. The first-order chi connectivity index (χ1) is 7.63. The van der Waals surface area contributed by atoms with Gasteiger partial charge in [0.05, 0.1) is 6.61 Å². The lowest BCUT2D eigenvalue weighted by molar-refractivity contribution is 0.0523. The van der Waals surface area contributed by atoms with E-state index in [1.54, 1.807) is 13.0 Å². The molecule has 84 valence electrons. The minimum Gasteiger partial charge on any atom is -0.462 e. The van der Waals surface area contributed by atoms with Crippen molar-refractivity contribution < 1.29 is 9.53 Å². The molecule has 0 bridgehead atoms. The fourth-order valence-electron chi connectivity index (χ4n) is 1.28. The Kier molecular flexibility index (Phi) is 2.78. The average Bonchev–Trinajstić information content (AvgIpc) is 2.60. The predicted molar refractivity (Wildman–Crippen MR) is 59.5 cm³/mol. The normalized spacial score (nSPS) is 10.6. The highest BCUT2D eigenvalue weighted by atomic mass is 79.9. The molecule has 0 atom stereocenters. The summed E-state index contributed by atoms with van der Waals surface area (Å²) in [6.45, 7) is 1.89. The second-order valence-electron chi connectivity index (χ2n) is 3.00. The van der Waals surface area contributed by atoms with Crippen LogP contribution in [0, 0.1) is 0 Å². The van der Waals surface area contributed by atoms with E-state index in [1.807, 2.05) is 0 Å². The third-order valence-corrected chi connectivity index (χ3v) is 2.36. The summed E-state index contributed by atoms with van der Waals surface area (Å²) in [5.41, 5.74) is -0.132. The fourth-order valence-corrected chi connectivity index (χ4v) is 1.66. The van der Waals surface area contributed by atoms with Crippen LogP contribution in [0.25, 0.3) is 5.65 Å². The van der Waals surface area contributed by atoms with Crippen LogP contribution in [0.1, 0.15) is 17.3 Å². The number of halogens is 1. The zero-order chi connectivity index (χ0) is 11.7. The van der Waals surface area contributed by atoms with E-state index in [0.29, 0.717) is 10.3 Å². The summed E-state index contributed by atoms with van der Waals surface area (Å²) in [5, 5.41) is 2.71. The van der Waals surface area contributed by atoms with E-state index in [1.165, 1.54) is 10.7 Å². The van der Waals surface area contributed by atoms with Gasteiger partial charge in [0.1, 0.15) is 10.2 Å². The molecular weight excluding hydrogens is 278 g/mol. The van der Waals surface area contributed by atoms with Gasteiger partial charge in [0.15, 0.2) is 5.65 Å². The maximum absolute atomic E-state index is 11.8. The molecule has 2 heterocycles. The summed E-state index contributed by atoms with van der Waals surface area (Å²) in [5.74, 6) is -0.667. The lowest BCUT2D eigenvalue weighted by atomic mass is 10.3. The maximum atomic E-state index is 11.8. The summed E-state index contributed by atoms with van der Waals surface area (Å²) in [4.78, 5) is 27.2. The summed E-state index contributed by atoms with van der Waals surface area (Å²) in [7, 11) is 0. The topological polar surface area (TPSA) is 76.5 Å². The molecule has 0 aliphatic heterocycles. The molecular formula is C9H8BrN3O3. The van der Waals surface area contributed by atoms with E-state index in [-0.39, 0.29) is 12.2 Å². The number of carbonyl (C=O) groups excluding carboxylic acids is 1. The minimum absolute atomic E-state index is 0.0892. The summed E-state index contributed by atoms with van der Waals surface area (Å²) >= 11 is 3.18. The van der Waals surface area contributed by atoms with Crippen molar-refractivity contribution in [2.45, 2.75) is 6.92 Å². The number of hydrogen-bond acceptors (Lipinski definition) is 4. The molecule has 0 saturated heterocycles. The van der Waals surface area contributed by atoms with Gasteiger partial charge in [-0.2, -0.15) is 4.52 Å². The number of rotatable bonds is 2. The number of esters is 1. The van der Waals surface area contributed by atoms with Crippen LogP contribution in [0.3, 0.4) is 0 Å². The third kappa shape index (κ3) is 1.73. The second-order valence-corrected chi connectivity index (χ2v) is 3.85. The first-order valence-corrected chi connectivity index (χ1v) is 5.36. The van der Waals surface area contributed by atoms with Crippen molar-refractivity contribution in [3.63, 3.8) is 0 Å². The van der Waals surface area contributed by atoms with E-state index >= 15 is 0 Å². The average molecular weight is 286 g/mol. The summed E-state index contributed by atoms with van der Waals surface area (Å²) in [6, 6.07) is 1.64. The Labute approximate surface area is 98.4 Å². The molecule has 0 unspecified atom stereocenters. The number of fused-ring (bicyclic) bond motifs is 1. The first kappa shape index (κ1) is 10.9. The Hall–Kier alpha value is -1.63. The third-order valence-electron chi connectivity index (χ3n) is 1.96. The Balaban J connectivity index is 2.60. The molecule has 0 fully saturated rings. The van der Waals surface area contributed by atoms with Gasteiger partial charge in [-0.1, -0.05) is 0 Å². The number of carbonyl (C=O) groups is 1. The highest BCUT2D eigenvalue weighted by molar-refractivity contribution is 9.10. The van der Waals surface area contributed by atoms with Crippen LogP contribution in [-0.2, 0) is 4.74 Å². The van der Waals surface area contributed by atoms with Gasteiger partial charge in [-0.3, -0.25) is 9.89 Å². The van der Waals surface area contributed by atoms with Crippen molar-refractivity contribution in [2.24, 2.45) is 0 Å². The van der Waals surface area contributed by atoms with E-state index in [4.69, 9.17) is 4.74 Å². The number of aromatic amines is 1. The molecule has 0 saturated carbocycles. The van der Waals surface area contributed by atoms with Gasteiger partial charge in [-0.15, -0.1) is 0 Å². The van der Waals surface area contributed by atoms with Gasteiger partial charge in [0, 0.05) is 12.3 Å². The highest BCUT2D eigenvalue weighted by Gasteiger charge is 2.15. The monoisotopic (exact) mass is 285 g/mol. The van der Waals surface area contributed by atoms with Gasteiger partial charge in [-0.05, 0) is 22.9 Å². The van der Waals surface area contributed by atoms with Gasteiger partial charge < -0.3 is 4.74 Å². The number of nitrogens with zero attached hydrogens (tertiary/aromatic N) is 2. The molecule has 0 aromatic carbocycles. The Morgan fingerprint density at radius 2 is 2.44 bits per heavy atom. The number of H-pyrrole nitrogens is 1. The number of ether oxygens (including phenoxy) is 1. The van der Waals surface area contributed by atoms with Crippen LogP contribution in [-0.4, -0.2) is 27.2 Å². The van der Waals surface area contributed by atoms with E-state index in [0.717, 1.165) is 0 Å². The van der Waals surface area contributed by atoms with Crippen LogP contribution in [0.15, 0.2) is 21.7 Å². The second kappa shape index (κ2) is 4.09. The van der Waals surface area contributed by atoms with Crippen LogP contribution in [0.5, 0.6) is 0 Å². The molecule has 7 heteroatoms. The maximum Gasteiger partial charge on any atom is 0.345 e. The molecule has 0 spiro atoms. The smallest absolute Gasteiger partial charge is 0.345 e. The Morgan fingerprint density at radius 1 is 1.69 bits per heavy atom. The molecule has 2 aromatic heterocycles. The van der Waals surface area contributed by atoms with Crippen LogP contribution < -0.4 is 5.56 Å². The van der Waals surface area contributed by atoms with E-state index in [9.17, 15) is 9.59 Å². The van der Waals surface area contributed by atoms with Crippen LogP contribution in [0.2, 0.25) is 0 Å². The quantitative estimate of drug-likeness (QED) is 0.834. The van der Waals surface area contributed by atoms with E-state index < -0.39 is 11.5 Å². The van der Waals surface area contributed by atoms with Crippen LogP contribution in [0.4, 0.5) is 0 Å². The molecule has 0 amide bonds. The Bertz CT molecular complexity index is 602. The minimum atomic E-state index is -0.667. The van der Waals surface area contributed by atoms with Crippen molar-refractivity contribution in [3.05, 3.63) is 32.8 Å². The predicted octanol–water partition coefficient (Wildman–Crippen LogP) is 0.962. The zero-order valence-corrected chi connectivity index (χ0v) is 9.94. The van der Waals surface area contributed by atoms with Gasteiger partial charge >= 0.3 is 5.97 Å². The van der Waals surface area contributed by atoms with Gasteiger partial charge in [0.25, 0.3) is 5.56 Å². The van der Waals surface area contributed by atoms with Crippen molar-refractivity contribution >= 4 is 27.5 Å². The molecule has 0 aliphatic carbocycles. The lowest BCUT2D eigenvalue weighted by Gasteiger charge is -2.00. The van der Waals surface area contributed by atoms with Crippen molar-refractivity contribution in [1.82, 2.24) is 14.6 Å². The highest BCUT2D eigenvalue weighted by Crippen LogP contribution is 2.08. The van der Waals surface area contributed by atoms with Gasteiger partial charge in [0.2, 0.25) is 0 Å². The lowest BCUT2D eigenvalue weighted by Crippen LogP contribution is -2.24. The van der Waals surface area contributed by atoms with E-state index in [2.05, 4.69) is 26.0 Å². The number of aromatic nitrogens is 3. The standard InChI is InChI=1S/C9H8BrN3O3/c1-2-16-9(15)5-4-11-7-3-6(10)12-13(7)8(5)14/h3-4,12H,2H2,1H3. The molecule has 0 radical (unpaired) electrons. The summed E-state index contributed by atoms with van der Waals surface area (Å²) < 4.78 is 6.53. The van der Waals surface area contributed by atoms with Crippen molar-refractivity contribution in [3.8, 4) is 0 Å². The molecule has 16 heavy (non-hydrogen) atoms. The molecule has 6 nitrogen and oxygen atoms in total. The number of nitrogens with one attached hydrogen (secondary N) is 1. The Morgan fingerprint density at radius 3 is 3.12 bits per heavy atom. The van der Waals surface area contributed by atoms with Crippen molar-refractivity contribution in [1.29, 1.82) is 0 Å². The van der Waals surface area contributed by atoms with Crippen LogP contribution >= 0.6 is 15.9 Å².